The van der Waals surface area contributed by atoms with E-state index in [0.29, 0.717) is 19.3 Å². The van der Waals surface area contributed by atoms with Crippen LogP contribution >= 0.6 is 0 Å². The number of aldehydes is 1. The number of amides is 3. The molecule has 1 aliphatic heterocycles. The van der Waals surface area contributed by atoms with Crippen LogP contribution in [0.4, 0.5) is 4.79 Å². The van der Waals surface area contributed by atoms with Crippen molar-refractivity contribution in [2.24, 2.45) is 16.5 Å². The fourth-order valence-corrected chi connectivity index (χ4v) is 4.60. The Morgan fingerprint density at radius 2 is 1.64 bits per heavy atom. The molecule has 2 unspecified atom stereocenters. The summed E-state index contributed by atoms with van der Waals surface area (Å²) in [6, 6.07) is 17.2. The molecule has 3 rings (SSSR count). The van der Waals surface area contributed by atoms with E-state index >= 15 is 0 Å². The minimum absolute atomic E-state index is 0.136. The minimum Gasteiger partial charge on any atom is -0.444 e. The summed E-state index contributed by atoms with van der Waals surface area (Å²) in [5, 5.41) is 5.32. The molecule has 1 aliphatic rings. The average molecular weight is 611 g/mol. The molecule has 0 saturated carbocycles. The number of hydrogen-bond donors (Lipinski definition) is 4. The molecule has 2 aromatic carbocycles. The molecule has 44 heavy (non-hydrogen) atoms. The number of hydrogen-bond acceptors (Lipinski definition) is 6. The Morgan fingerprint density at radius 1 is 1.05 bits per heavy atom. The van der Waals surface area contributed by atoms with E-state index in [1.54, 1.807) is 20.8 Å². The zero-order valence-corrected chi connectivity index (χ0v) is 26.9. The first kappa shape index (κ1) is 37.6. The summed E-state index contributed by atoms with van der Waals surface area (Å²) in [4.78, 5) is 55.7. The van der Waals surface area contributed by atoms with Crippen molar-refractivity contribution in [3.63, 3.8) is 0 Å². The lowest BCUT2D eigenvalue weighted by atomic mass is 9.91. The van der Waals surface area contributed by atoms with E-state index in [9.17, 15) is 19.2 Å². The molecule has 0 spiro atoms. The van der Waals surface area contributed by atoms with Gasteiger partial charge in [-0.25, -0.2) is 4.79 Å². The van der Waals surface area contributed by atoms with Crippen molar-refractivity contribution in [3.8, 4) is 0 Å². The maximum atomic E-state index is 13.8. The van der Waals surface area contributed by atoms with Gasteiger partial charge in [0, 0.05) is 25.4 Å². The number of ether oxygens (including phenoxy) is 1. The van der Waals surface area contributed by atoms with Crippen LogP contribution in [-0.2, 0) is 25.5 Å². The Hall–Kier alpha value is -4.41. The Bertz CT molecular complexity index is 1180. The van der Waals surface area contributed by atoms with Gasteiger partial charge in [-0.2, -0.15) is 0 Å². The van der Waals surface area contributed by atoms with E-state index in [4.69, 9.17) is 16.2 Å². The summed E-state index contributed by atoms with van der Waals surface area (Å²) in [6.07, 6.45) is 1.73. The maximum Gasteiger partial charge on any atom is 0.408 e. The van der Waals surface area contributed by atoms with Crippen molar-refractivity contribution in [1.29, 1.82) is 0 Å². The summed E-state index contributed by atoms with van der Waals surface area (Å²) in [5.74, 6) is -0.815. The van der Waals surface area contributed by atoms with E-state index in [2.05, 4.69) is 15.6 Å². The van der Waals surface area contributed by atoms with Gasteiger partial charge in [0.2, 0.25) is 11.8 Å². The zero-order chi connectivity index (χ0) is 33.1. The van der Waals surface area contributed by atoms with Gasteiger partial charge in [0.1, 0.15) is 24.0 Å². The van der Waals surface area contributed by atoms with Crippen LogP contribution in [0.2, 0.25) is 0 Å². The van der Waals surface area contributed by atoms with Gasteiger partial charge in [0.15, 0.2) is 5.96 Å². The van der Waals surface area contributed by atoms with E-state index in [0.717, 1.165) is 24.1 Å². The largest absolute Gasteiger partial charge is 0.444 e. The summed E-state index contributed by atoms with van der Waals surface area (Å²) >= 11 is 0. The van der Waals surface area contributed by atoms with Crippen LogP contribution in [0, 0.1) is 0 Å². The van der Waals surface area contributed by atoms with Gasteiger partial charge in [-0.15, -0.1) is 0 Å². The van der Waals surface area contributed by atoms with Crippen molar-refractivity contribution < 1.29 is 23.9 Å². The molecule has 0 aliphatic carbocycles. The lowest BCUT2D eigenvalue weighted by molar-refractivity contribution is -0.140. The van der Waals surface area contributed by atoms with E-state index in [-0.39, 0.29) is 30.8 Å². The first-order chi connectivity index (χ1) is 21.0. The normalized spacial score (nSPS) is 16.1. The SMILES string of the molecule is CC.CC(C)(C)OC(=O)N[C@H](Cc1ccccc1)C(=O)N1CCC(c2ccccc2)C1C(=O)NCC=O.CCCN=C(N)N. The van der Waals surface area contributed by atoms with Crippen LogP contribution < -0.4 is 22.1 Å². The van der Waals surface area contributed by atoms with Crippen molar-refractivity contribution in [3.05, 3.63) is 71.8 Å². The molecule has 0 bridgehead atoms. The number of carbonyl (C=O) groups excluding carboxylic acids is 4. The lowest BCUT2D eigenvalue weighted by Gasteiger charge is -2.31. The number of benzene rings is 2. The standard InChI is InChI=1S/C27H33N3O5.C4H11N3.C2H6/c1-27(2,3)35-26(34)29-22(18-19-10-6-4-7-11-19)25(33)30-16-14-21(20-12-8-5-9-13-20)23(30)24(32)28-15-17-31;1-2-3-7-4(5)6;1-2/h4-13,17,21-23H,14-16,18H2,1-3H3,(H,28,32)(H,29,34);2-3H2,1H3,(H4,5,6,7);1-2H3/t21?,22-,23?;;/m1../s1. The molecule has 1 fully saturated rings. The molecule has 0 aromatic heterocycles. The second-order valence-corrected chi connectivity index (χ2v) is 10.9. The molecule has 0 radical (unpaired) electrons. The summed E-state index contributed by atoms with van der Waals surface area (Å²) in [6.45, 7) is 12.2. The number of alkyl carbamates (subject to hydrolysis) is 1. The highest BCUT2D eigenvalue weighted by Crippen LogP contribution is 2.34. The fourth-order valence-electron chi connectivity index (χ4n) is 4.60. The average Bonchev–Trinajstić information content (AvgIpc) is 3.45. The van der Waals surface area contributed by atoms with Gasteiger partial charge in [-0.05, 0) is 44.7 Å². The van der Waals surface area contributed by atoms with Crippen molar-refractivity contribution in [2.45, 2.75) is 84.4 Å². The summed E-state index contributed by atoms with van der Waals surface area (Å²) in [7, 11) is 0. The molecule has 11 nitrogen and oxygen atoms in total. The third kappa shape index (κ3) is 13.3. The maximum absolute atomic E-state index is 13.8. The van der Waals surface area contributed by atoms with Crippen molar-refractivity contribution in [1.82, 2.24) is 15.5 Å². The van der Waals surface area contributed by atoms with Gasteiger partial charge in [0.05, 0.1) is 6.54 Å². The van der Waals surface area contributed by atoms with Crippen LogP contribution in [0.3, 0.4) is 0 Å². The number of aliphatic imine (C=N–C) groups is 1. The second-order valence-electron chi connectivity index (χ2n) is 10.9. The topological polar surface area (TPSA) is 169 Å². The summed E-state index contributed by atoms with van der Waals surface area (Å²) < 4.78 is 5.40. The van der Waals surface area contributed by atoms with Gasteiger partial charge < -0.3 is 36.5 Å². The van der Waals surface area contributed by atoms with Crippen molar-refractivity contribution in [2.75, 3.05) is 19.6 Å². The van der Waals surface area contributed by atoms with E-state index in [1.807, 2.05) is 81.4 Å². The Kier molecular flexibility index (Phi) is 16.9. The van der Waals surface area contributed by atoms with Crippen LogP contribution in [-0.4, -0.2) is 72.4 Å². The van der Waals surface area contributed by atoms with Gasteiger partial charge >= 0.3 is 6.09 Å². The smallest absolute Gasteiger partial charge is 0.408 e. The first-order valence-corrected chi connectivity index (χ1v) is 15.1. The molecule has 3 atom stereocenters. The predicted octanol–water partition coefficient (Wildman–Crippen LogP) is 3.52. The quantitative estimate of drug-likeness (QED) is 0.181. The monoisotopic (exact) mass is 610 g/mol. The number of likely N-dealkylation sites (tertiary alicyclic amines) is 1. The number of nitrogens with zero attached hydrogens (tertiary/aromatic N) is 2. The molecule has 242 valence electrons. The number of nitrogens with two attached hydrogens (primary N) is 2. The molecule has 6 N–H and O–H groups in total. The molecule has 2 aromatic rings. The Labute approximate surface area is 261 Å². The van der Waals surface area contributed by atoms with Crippen molar-refractivity contribution >= 4 is 30.2 Å². The minimum atomic E-state index is -0.928. The molecular formula is C33H50N6O5. The number of rotatable bonds is 10. The molecule has 11 heteroatoms. The van der Waals surface area contributed by atoms with Crippen LogP contribution in [0.25, 0.3) is 0 Å². The number of carbonyl (C=O) groups is 4. The van der Waals surface area contributed by atoms with Gasteiger partial charge in [0.25, 0.3) is 0 Å². The van der Waals surface area contributed by atoms with E-state index < -0.39 is 29.7 Å². The Morgan fingerprint density at radius 3 is 2.14 bits per heavy atom. The third-order valence-electron chi connectivity index (χ3n) is 6.33. The summed E-state index contributed by atoms with van der Waals surface area (Å²) in [5.41, 5.74) is 11.1. The van der Waals surface area contributed by atoms with Crippen LogP contribution in [0.15, 0.2) is 65.7 Å². The molecular weight excluding hydrogens is 560 g/mol. The molecule has 1 heterocycles. The van der Waals surface area contributed by atoms with Crippen LogP contribution in [0.5, 0.6) is 0 Å². The number of guanidine groups is 1. The first-order valence-electron chi connectivity index (χ1n) is 15.1. The van der Waals surface area contributed by atoms with Crippen LogP contribution in [0.1, 0.15) is 71.4 Å². The third-order valence-corrected chi connectivity index (χ3v) is 6.33. The fraction of sp³-hybridized carbons (Fsp3) is 0.485. The van der Waals surface area contributed by atoms with Gasteiger partial charge in [-0.3, -0.25) is 14.6 Å². The zero-order valence-electron chi connectivity index (χ0n) is 26.9. The molecule has 3 amide bonds. The lowest BCUT2D eigenvalue weighted by Crippen LogP contribution is -2.55. The Balaban J connectivity index is 0.000000945. The second kappa shape index (κ2) is 19.7. The highest BCUT2D eigenvalue weighted by Gasteiger charge is 2.44. The van der Waals surface area contributed by atoms with Gasteiger partial charge in [-0.1, -0.05) is 81.4 Å². The highest BCUT2D eigenvalue weighted by molar-refractivity contribution is 5.93. The predicted molar refractivity (Wildman–Crippen MR) is 174 cm³/mol. The van der Waals surface area contributed by atoms with E-state index in [1.165, 1.54) is 4.90 Å². The number of nitrogens with one attached hydrogen (secondary N) is 2. The molecule has 1 saturated heterocycles. The highest BCUT2D eigenvalue weighted by atomic mass is 16.6.